The maximum atomic E-state index is 14.0. The second-order valence-corrected chi connectivity index (χ2v) is 4.57. The largest absolute Gasteiger partial charge is 0.464 e. The zero-order valence-electron chi connectivity index (χ0n) is 11.4. The Morgan fingerprint density at radius 2 is 1.91 bits per heavy atom. The number of esters is 1. The molecule has 122 valence electrons. The van der Waals surface area contributed by atoms with Crippen LogP contribution in [0, 0.1) is 11.6 Å². The van der Waals surface area contributed by atoms with Gasteiger partial charge in [-0.2, -0.15) is 8.78 Å². The van der Waals surface area contributed by atoms with Crippen molar-refractivity contribution in [2.75, 3.05) is 7.11 Å². The maximum Gasteiger partial charge on any atom is 0.387 e. The van der Waals surface area contributed by atoms with Gasteiger partial charge in [0.15, 0.2) is 11.5 Å². The van der Waals surface area contributed by atoms with Gasteiger partial charge >= 0.3 is 12.6 Å². The number of hydrogen-bond acceptors (Lipinski definition) is 4. The van der Waals surface area contributed by atoms with E-state index in [1.807, 2.05) is 0 Å². The van der Waals surface area contributed by atoms with Crippen molar-refractivity contribution in [3.05, 3.63) is 46.6 Å². The molecule has 0 radical (unpaired) electrons. The van der Waals surface area contributed by atoms with Gasteiger partial charge in [-0.05, 0) is 18.2 Å². The number of benzene rings is 1. The summed E-state index contributed by atoms with van der Waals surface area (Å²) >= 11 is 5.68. The van der Waals surface area contributed by atoms with E-state index < -0.39 is 41.4 Å². The molecule has 0 spiro atoms. The first-order valence-electron chi connectivity index (χ1n) is 6.02. The highest BCUT2D eigenvalue weighted by Gasteiger charge is 2.20. The molecule has 0 saturated carbocycles. The lowest BCUT2D eigenvalue weighted by Crippen LogP contribution is -2.08. The highest BCUT2D eigenvalue weighted by molar-refractivity contribution is 6.33. The van der Waals surface area contributed by atoms with Crippen molar-refractivity contribution in [2.24, 2.45) is 0 Å². The van der Waals surface area contributed by atoms with Crippen LogP contribution in [0.15, 0.2) is 24.3 Å². The van der Waals surface area contributed by atoms with E-state index in [0.29, 0.717) is 6.07 Å². The zero-order valence-corrected chi connectivity index (χ0v) is 12.2. The number of carbonyl (C=O) groups is 1. The average Bonchev–Trinajstić information content (AvgIpc) is 2.47. The highest BCUT2D eigenvalue weighted by Crippen LogP contribution is 2.30. The van der Waals surface area contributed by atoms with Crippen LogP contribution in [0.5, 0.6) is 5.75 Å². The van der Waals surface area contributed by atoms with Gasteiger partial charge in [0.25, 0.3) is 0 Å². The van der Waals surface area contributed by atoms with Crippen LogP contribution < -0.4 is 4.74 Å². The predicted molar refractivity (Wildman–Crippen MR) is 72.6 cm³/mol. The van der Waals surface area contributed by atoms with Crippen LogP contribution >= 0.6 is 11.6 Å². The fraction of sp³-hybridized carbons (Fsp3) is 0.143. The normalized spacial score (nSPS) is 10.7. The van der Waals surface area contributed by atoms with Crippen molar-refractivity contribution in [1.82, 2.24) is 4.98 Å². The van der Waals surface area contributed by atoms with Gasteiger partial charge in [0.1, 0.15) is 17.3 Å². The van der Waals surface area contributed by atoms with Gasteiger partial charge in [-0.3, -0.25) is 0 Å². The molecule has 1 aromatic heterocycles. The van der Waals surface area contributed by atoms with Crippen LogP contribution in [-0.4, -0.2) is 24.7 Å². The lowest BCUT2D eigenvalue weighted by molar-refractivity contribution is -0.0499. The van der Waals surface area contributed by atoms with E-state index in [1.165, 1.54) is 0 Å². The molecule has 2 rings (SSSR count). The van der Waals surface area contributed by atoms with Gasteiger partial charge in [0.2, 0.25) is 0 Å². The minimum absolute atomic E-state index is 0.309. The molecule has 9 heteroatoms. The van der Waals surface area contributed by atoms with E-state index in [9.17, 15) is 22.4 Å². The second kappa shape index (κ2) is 6.82. The van der Waals surface area contributed by atoms with Gasteiger partial charge in [-0.25, -0.2) is 18.6 Å². The molecule has 1 heterocycles. The SMILES string of the molecule is COC(=O)c1nc(-c2ccc(OC(F)F)cc2F)c(F)cc1Cl. The van der Waals surface area contributed by atoms with E-state index in [-0.39, 0.29) is 10.6 Å². The number of nitrogens with zero attached hydrogens (tertiary/aromatic N) is 1. The number of hydrogen-bond donors (Lipinski definition) is 0. The number of carbonyl (C=O) groups excluding carboxylic acids is 1. The highest BCUT2D eigenvalue weighted by atomic mass is 35.5. The minimum Gasteiger partial charge on any atom is -0.464 e. The van der Waals surface area contributed by atoms with Crippen LogP contribution in [0.3, 0.4) is 0 Å². The molecule has 4 nitrogen and oxygen atoms in total. The van der Waals surface area contributed by atoms with Gasteiger partial charge in [0.05, 0.1) is 12.1 Å². The van der Waals surface area contributed by atoms with E-state index >= 15 is 0 Å². The van der Waals surface area contributed by atoms with Gasteiger partial charge < -0.3 is 9.47 Å². The summed E-state index contributed by atoms with van der Waals surface area (Å²) in [5, 5.41) is -0.309. The van der Waals surface area contributed by atoms with Crippen LogP contribution in [-0.2, 0) is 4.74 Å². The summed E-state index contributed by atoms with van der Waals surface area (Å²) in [7, 11) is 1.07. The fourth-order valence-electron chi connectivity index (χ4n) is 1.76. The lowest BCUT2D eigenvalue weighted by atomic mass is 10.1. The first-order valence-corrected chi connectivity index (χ1v) is 6.40. The molecule has 0 amide bonds. The molecule has 1 aromatic carbocycles. The number of rotatable bonds is 4. The van der Waals surface area contributed by atoms with Crippen molar-refractivity contribution in [3.63, 3.8) is 0 Å². The summed E-state index contributed by atoms with van der Waals surface area (Å²) in [6, 6.07) is 3.43. The third-order valence-corrected chi connectivity index (χ3v) is 3.02. The van der Waals surface area contributed by atoms with Crippen molar-refractivity contribution in [3.8, 4) is 17.0 Å². The Bertz CT molecular complexity index is 755. The van der Waals surface area contributed by atoms with Crippen molar-refractivity contribution < 1.29 is 31.8 Å². The van der Waals surface area contributed by atoms with Crippen molar-refractivity contribution in [1.29, 1.82) is 0 Å². The lowest BCUT2D eigenvalue weighted by Gasteiger charge is -2.10. The molecule has 0 aliphatic heterocycles. The Labute approximate surface area is 132 Å². The smallest absolute Gasteiger partial charge is 0.387 e. The Hall–Kier alpha value is -2.35. The van der Waals surface area contributed by atoms with E-state index in [1.54, 1.807) is 0 Å². The van der Waals surface area contributed by atoms with Crippen LogP contribution in [0.25, 0.3) is 11.3 Å². The molecule has 0 N–H and O–H groups in total. The van der Waals surface area contributed by atoms with E-state index in [2.05, 4.69) is 14.5 Å². The van der Waals surface area contributed by atoms with Gasteiger partial charge in [-0.15, -0.1) is 0 Å². The summed E-state index contributed by atoms with van der Waals surface area (Å²) in [5.74, 6) is -3.44. The number of aromatic nitrogens is 1. The number of pyridine rings is 1. The fourth-order valence-corrected chi connectivity index (χ4v) is 1.97. The summed E-state index contributed by atoms with van der Waals surface area (Å²) in [5.41, 5.74) is -1.28. The van der Waals surface area contributed by atoms with Crippen molar-refractivity contribution in [2.45, 2.75) is 6.61 Å². The first-order chi connectivity index (χ1) is 10.8. The summed E-state index contributed by atoms with van der Waals surface area (Å²) in [4.78, 5) is 15.2. The summed E-state index contributed by atoms with van der Waals surface area (Å²) in [6.45, 7) is -3.13. The Kier molecular flexibility index (Phi) is 5.05. The number of methoxy groups -OCH3 is 1. The second-order valence-electron chi connectivity index (χ2n) is 4.16. The number of ether oxygens (including phenoxy) is 2. The molecule has 0 saturated heterocycles. The van der Waals surface area contributed by atoms with Crippen LogP contribution in [0.1, 0.15) is 10.5 Å². The zero-order chi connectivity index (χ0) is 17.1. The first kappa shape index (κ1) is 17.0. The Morgan fingerprint density at radius 1 is 1.22 bits per heavy atom. The molecule has 0 aliphatic rings. The van der Waals surface area contributed by atoms with Crippen LogP contribution in [0.2, 0.25) is 5.02 Å². The molecule has 0 unspecified atom stereocenters. The topological polar surface area (TPSA) is 48.4 Å². The molecule has 2 aromatic rings. The molecule has 0 atom stereocenters. The van der Waals surface area contributed by atoms with E-state index in [0.717, 1.165) is 25.3 Å². The molecular formula is C14H8ClF4NO3. The monoisotopic (exact) mass is 349 g/mol. The quantitative estimate of drug-likeness (QED) is 0.617. The predicted octanol–water partition coefficient (Wildman–Crippen LogP) is 4.07. The molecule has 0 bridgehead atoms. The summed E-state index contributed by atoms with van der Waals surface area (Å²) < 4.78 is 60.6. The molecule has 23 heavy (non-hydrogen) atoms. The minimum atomic E-state index is -3.13. The Balaban J connectivity index is 2.51. The third-order valence-electron chi connectivity index (χ3n) is 2.73. The third kappa shape index (κ3) is 3.70. The molecular weight excluding hydrogens is 342 g/mol. The maximum absolute atomic E-state index is 14.0. The summed E-state index contributed by atoms with van der Waals surface area (Å²) in [6.07, 6.45) is 0. The van der Waals surface area contributed by atoms with Gasteiger partial charge in [0, 0.05) is 11.6 Å². The Morgan fingerprint density at radius 3 is 2.48 bits per heavy atom. The standard InChI is InChI=1S/C14H8ClF4NO3/c1-22-13(21)12-8(15)5-10(17)11(20-12)7-3-2-6(4-9(7)16)23-14(18)19/h2-5,14H,1H3. The average molecular weight is 350 g/mol. The van der Waals surface area contributed by atoms with Crippen LogP contribution in [0.4, 0.5) is 17.6 Å². The van der Waals surface area contributed by atoms with Gasteiger partial charge in [-0.1, -0.05) is 11.6 Å². The van der Waals surface area contributed by atoms with E-state index in [4.69, 9.17) is 11.6 Å². The number of alkyl halides is 2. The molecule has 0 fully saturated rings. The van der Waals surface area contributed by atoms with Crippen molar-refractivity contribution >= 4 is 17.6 Å². The molecule has 0 aliphatic carbocycles. The number of halogens is 5.